The number of nitrogens with one attached hydrogen (secondary N) is 1. The largest absolute Gasteiger partial charge is 0.451 e. The minimum absolute atomic E-state index is 0.0492. The van der Waals surface area contributed by atoms with E-state index < -0.39 is 5.91 Å². The molecule has 1 saturated heterocycles. The molecule has 1 amide bonds. The lowest BCUT2D eigenvalue weighted by atomic mass is 10.1. The number of carbonyl (C=O) groups excluding carboxylic acids is 1. The number of nitrogens with zero attached hydrogens (tertiary/aromatic N) is 3. The molecule has 1 aliphatic heterocycles. The Morgan fingerprint density at radius 3 is 2.73 bits per heavy atom. The molecule has 0 radical (unpaired) electrons. The second kappa shape index (κ2) is 6.95. The third-order valence-electron chi connectivity index (χ3n) is 4.43. The summed E-state index contributed by atoms with van der Waals surface area (Å²) in [7, 11) is 0. The molecule has 0 unspecified atom stereocenters. The molecule has 0 bridgehead atoms. The van der Waals surface area contributed by atoms with Crippen LogP contribution in [-0.2, 0) is 0 Å². The maximum atomic E-state index is 12.5. The van der Waals surface area contributed by atoms with Gasteiger partial charge < -0.3 is 14.6 Å². The van der Waals surface area contributed by atoms with Crippen LogP contribution in [0.1, 0.15) is 29.8 Å². The molecule has 1 fully saturated rings. The number of carbonyl (C=O) groups is 1. The number of piperidine rings is 1. The Labute approximate surface area is 149 Å². The number of benzene rings is 1. The van der Waals surface area contributed by atoms with Crippen molar-refractivity contribution in [2.24, 2.45) is 0 Å². The Kier molecular flexibility index (Phi) is 4.35. The van der Waals surface area contributed by atoms with Crippen LogP contribution in [0.5, 0.6) is 0 Å². The van der Waals surface area contributed by atoms with E-state index in [2.05, 4.69) is 20.2 Å². The number of aromatic nitrogens is 2. The van der Waals surface area contributed by atoms with E-state index in [1.165, 1.54) is 18.8 Å². The highest BCUT2D eigenvalue weighted by molar-refractivity contribution is 6.02. The fourth-order valence-electron chi connectivity index (χ4n) is 3.11. The summed E-state index contributed by atoms with van der Waals surface area (Å²) in [5.74, 6) is 0.597. The standard InChI is InChI=1S/C19H18N4O3/c24-14-10-16(26-15-7-3-2-6-13(14)15)19(25)22-17-11-18(21-12-20-17)23-8-4-1-5-9-23/h2-3,6-7,10-12H,1,4-5,8-9H2,(H,20,21,22,25). The van der Waals surface area contributed by atoms with E-state index in [-0.39, 0.29) is 11.2 Å². The summed E-state index contributed by atoms with van der Waals surface area (Å²) in [5, 5.41) is 3.12. The van der Waals surface area contributed by atoms with Gasteiger partial charge in [0.15, 0.2) is 11.2 Å². The van der Waals surface area contributed by atoms with Gasteiger partial charge in [-0.1, -0.05) is 12.1 Å². The highest BCUT2D eigenvalue weighted by Crippen LogP contribution is 2.20. The fourth-order valence-corrected chi connectivity index (χ4v) is 3.11. The van der Waals surface area contributed by atoms with Crippen molar-refractivity contribution >= 4 is 28.5 Å². The number of hydrogen-bond acceptors (Lipinski definition) is 6. The zero-order valence-corrected chi connectivity index (χ0v) is 14.1. The molecule has 1 aromatic carbocycles. The molecule has 0 spiro atoms. The lowest BCUT2D eigenvalue weighted by Crippen LogP contribution is -2.30. The molecule has 3 aromatic rings. The van der Waals surface area contributed by atoms with Crippen LogP contribution in [0.4, 0.5) is 11.6 Å². The molecular weight excluding hydrogens is 332 g/mol. The molecule has 4 rings (SSSR count). The third kappa shape index (κ3) is 3.28. The summed E-state index contributed by atoms with van der Waals surface area (Å²) in [6.45, 7) is 1.90. The average Bonchev–Trinajstić information content (AvgIpc) is 2.69. The van der Waals surface area contributed by atoms with Crippen LogP contribution in [-0.4, -0.2) is 29.0 Å². The monoisotopic (exact) mass is 350 g/mol. The maximum Gasteiger partial charge on any atom is 0.292 e. The van der Waals surface area contributed by atoms with Gasteiger partial charge in [-0.05, 0) is 31.4 Å². The Hall–Kier alpha value is -3.22. The van der Waals surface area contributed by atoms with Gasteiger partial charge >= 0.3 is 0 Å². The zero-order chi connectivity index (χ0) is 17.9. The van der Waals surface area contributed by atoms with E-state index in [0.29, 0.717) is 16.8 Å². The Balaban J connectivity index is 1.57. The van der Waals surface area contributed by atoms with Gasteiger partial charge in [0.25, 0.3) is 5.91 Å². The topological polar surface area (TPSA) is 88.3 Å². The first-order valence-electron chi connectivity index (χ1n) is 8.62. The number of fused-ring (bicyclic) bond motifs is 1. The summed E-state index contributed by atoms with van der Waals surface area (Å²) in [6, 6.07) is 9.77. The van der Waals surface area contributed by atoms with E-state index in [1.807, 2.05) is 0 Å². The van der Waals surface area contributed by atoms with Crippen LogP contribution in [0.3, 0.4) is 0 Å². The molecule has 0 saturated carbocycles. The highest BCUT2D eigenvalue weighted by Gasteiger charge is 2.16. The first-order valence-corrected chi connectivity index (χ1v) is 8.62. The summed E-state index contributed by atoms with van der Waals surface area (Å²) < 4.78 is 5.56. The predicted molar refractivity (Wildman–Crippen MR) is 98.5 cm³/mol. The minimum atomic E-state index is -0.517. The first-order chi connectivity index (χ1) is 12.7. The quantitative estimate of drug-likeness (QED) is 0.781. The molecule has 7 heteroatoms. The lowest BCUT2D eigenvalue weighted by Gasteiger charge is -2.27. The molecule has 0 aliphatic carbocycles. The summed E-state index contributed by atoms with van der Waals surface area (Å²) in [6.07, 6.45) is 4.92. The predicted octanol–water partition coefficient (Wildman–Crippen LogP) is 2.83. The van der Waals surface area contributed by atoms with E-state index in [4.69, 9.17) is 4.42 Å². The Morgan fingerprint density at radius 2 is 1.88 bits per heavy atom. The van der Waals surface area contributed by atoms with Gasteiger partial charge in [0.05, 0.1) is 5.39 Å². The summed E-state index contributed by atoms with van der Waals surface area (Å²) >= 11 is 0. The van der Waals surface area contributed by atoms with Crippen molar-refractivity contribution in [3.8, 4) is 0 Å². The molecule has 7 nitrogen and oxygen atoms in total. The van der Waals surface area contributed by atoms with Gasteiger partial charge in [-0.25, -0.2) is 9.97 Å². The lowest BCUT2D eigenvalue weighted by molar-refractivity contribution is 0.0997. The number of rotatable bonds is 3. The molecule has 132 valence electrons. The summed E-state index contributed by atoms with van der Waals surface area (Å²) in [4.78, 5) is 35.2. The van der Waals surface area contributed by atoms with E-state index >= 15 is 0 Å². The van der Waals surface area contributed by atoms with Gasteiger partial charge in [-0.2, -0.15) is 0 Å². The molecule has 3 heterocycles. The molecule has 1 aliphatic rings. The van der Waals surface area contributed by atoms with Crippen molar-refractivity contribution in [2.75, 3.05) is 23.3 Å². The average molecular weight is 350 g/mol. The van der Waals surface area contributed by atoms with Gasteiger partial charge in [-0.15, -0.1) is 0 Å². The highest BCUT2D eigenvalue weighted by atomic mass is 16.3. The third-order valence-corrected chi connectivity index (χ3v) is 4.43. The van der Waals surface area contributed by atoms with Crippen molar-refractivity contribution in [3.05, 3.63) is 58.7 Å². The van der Waals surface area contributed by atoms with Gasteiger partial charge in [0.2, 0.25) is 0 Å². The molecular formula is C19H18N4O3. The van der Waals surface area contributed by atoms with Crippen LogP contribution in [0.2, 0.25) is 0 Å². The number of amides is 1. The SMILES string of the molecule is O=C(Nc1cc(N2CCCCC2)ncn1)c1cc(=O)c2ccccc2o1. The molecule has 0 atom stereocenters. The molecule has 2 aromatic heterocycles. The minimum Gasteiger partial charge on any atom is -0.451 e. The second-order valence-electron chi connectivity index (χ2n) is 6.23. The van der Waals surface area contributed by atoms with E-state index in [9.17, 15) is 9.59 Å². The van der Waals surface area contributed by atoms with Crippen LogP contribution in [0.25, 0.3) is 11.0 Å². The van der Waals surface area contributed by atoms with Crippen molar-refractivity contribution < 1.29 is 9.21 Å². The Bertz CT molecular complexity index is 1010. The van der Waals surface area contributed by atoms with Crippen LogP contribution >= 0.6 is 0 Å². The van der Waals surface area contributed by atoms with Crippen molar-refractivity contribution in [1.82, 2.24) is 9.97 Å². The number of anilines is 2. The van der Waals surface area contributed by atoms with Crippen LogP contribution in [0.15, 0.2) is 51.9 Å². The number of para-hydroxylation sites is 1. The van der Waals surface area contributed by atoms with Gasteiger partial charge in [0, 0.05) is 25.2 Å². The van der Waals surface area contributed by atoms with E-state index in [0.717, 1.165) is 31.7 Å². The molecule has 1 N–H and O–H groups in total. The van der Waals surface area contributed by atoms with Crippen molar-refractivity contribution in [1.29, 1.82) is 0 Å². The van der Waals surface area contributed by atoms with Crippen LogP contribution < -0.4 is 15.6 Å². The van der Waals surface area contributed by atoms with Gasteiger partial charge in [-0.3, -0.25) is 9.59 Å². The second-order valence-corrected chi connectivity index (χ2v) is 6.23. The molecule has 26 heavy (non-hydrogen) atoms. The van der Waals surface area contributed by atoms with E-state index in [1.54, 1.807) is 30.3 Å². The normalized spacial score (nSPS) is 14.4. The summed E-state index contributed by atoms with van der Waals surface area (Å²) in [5.41, 5.74) is 0.121. The Morgan fingerprint density at radius 1 is 1.08 bits per heavy atom. The fraction of sp³-hybridized carbons (Fsp3) is 0.263. The smallest absolute Gasteiger partial charge is 0.292 e. The number of hydrogen-bond donors (Lipinski definition) is 1. The first kappa shape index (κ1) is 16.3. The van der Waals surface area contributed by atoms with Crippen LogP contribution in [0, 0.1) is 0 Å². The van der Waals surface area contributed by atoms with Crippen molar-refractivity contribution in [2.45, 2.75) is 19.3 Å². The van der Waals surface area contributed by atoms with Gasteiger partial charge in [0.1, 0.15) is 23.5 Å². The van der Waals surface area contributed by atoms with Crippen molar-refractivity contribution in [3.63, 3.8) is 0 Å². The zero-order valence-electron chi connectivity index (χ0n) is 14.1. The maximum absolute atomic E-state index is 12.5.